The van der Waals surface area contributed by atoms with Crippen LogP contribution in [0.3, 0.4) is 0 Å². The van der Waals surface area contributed by atoms with Gasteiger partial charge in [-0.3, -0.25) is 0 Å². The molecule has 0 fully saturated rings. The molecule has 19 heavy (non-hydrogen) atoms. The molecule has 1 N–H and O–H groups in total. The lowest BCUT2D eigenvalue weighted by Crippen LogP contribution is -1.95. The van der Waals surface area contributed by atoms with E-state index in [2.05, 4.69) is 33.7 Å². The van der Waals surface area contributed by atoms with Gasteiger partial charge in [-0.2, -0.15) is 5.10 Å². The van der Waals surface area contributed by atoms with E-state index in [1.54, 1.807) is 0 Å². The van der Waals surface area contributed by atoms with Crippen molar-refractivity contribution in [1.82, 2.24) is 9.78 Å². The Bertz CT molecular complexity index is 737. The number of rotatable bonds is 2. The number of fused-ring (bicyclic) bond motifs is 1. The van der Waals surface area contributed by atoms with Gasteiger partial charge in [0.05, 0.1) is 17.8 Å². The molecule has 0 amide bonds. The van der Waals surface area contributed by atoms with Crippen LogP contribution in [0.2, 0.25) is 0 Å². The first kappa shape index (κ1) is 12.7. The lowest BCUT2D eigenvalue weighted by molar-refractivity contribution is 0.283. The fraction of sp³-hybridized carbons (Fsp3) is 0.0714. The largest absolute Gasteiger partial charge is 0.392 e. The number of hydrogen-bond acceptors (Lipinski definition) is 3. The molecule has 0 aliphatic carbocycles. The average molecular weight is 335 g/mol. The summed E-state index contributed by atoms with van der Waals surface area (Å²) in [5.74, 6) is 0. The molecule has 0 aliphatic rings. The maximum Gasteiger partial charge on any atom is 0.136 e. The molecule has 2 aromatic carbocycles. The van der Waals surface area contributed by atoms with Gasteiger partial charge in [0.15, 0.2) is 0 Å². The zero-order chi connectivity index (χ0) is 13.4. The Morgan fingerprint density at radius 2 is 1.89 bits per heavy atom. The van der Waals surface area contributed by atoms with E-state index in [4.69, 9.17) is 0 Å². The van der Waals surface area contributed by atoms with Gasteiger partial charge in [0.1, 0.15) is 4.60 Å². The van der Waals surface area contributed by atoms with Crippen LogP contribution in [-0.2, 0) is 6.61 Å². The third kappa shape index (κ3) is 2.18. The average Bonchev–Trinajstić information content (AvgIpc) is 2.77. The van der Waals surface area contributed by atoms with Crippen molar-refractivity contribution >= 4 is 39.5 Å². The summed E-state index contributed by atoms with van der Waals surface area (Å²) in [4.78, 5) is 0.912. The van der Waals surface area contributed by atoms with E-state index in [0.717, 1.165) is 31.7 Å². The summed E-state index contributed by atoms with van der Waals surface area (Å²) in [5, 5.41) is 14.8. The lowest BCUT2D eigenvalue weighted by Gasteiger charge is -2.04. The Morgan fingerprint density at radius 3 is 2.58 bits per heavy atom. The van der Waals surface area contributed by atoms with E-state index in [1.165, 1.54) is 0 Å². The van der Waals surface area contributed by atoms with Crippen molar-refractivity contribution in [2.45, 2.75) is 11.5 Å². The summed E-state index contributed by atoms with van der Waals surface area (Å²) in [5.41, 5.74) is 2.79. The maximum absolute atomic E-state index is 9.41. The summed E-state index contributed by atoms with van der Waals surface area (Å²) < 4.78 is 2.59. The molecule has 0 spiro atoms. The van der Waals surface area contributed by atoms with Gasteiger partial charge >= 0.3 is 0 Å². The summed E-state index contributed by atoms with van der Waals surface area (Å²) >= 11 is 7.75. The van der Waals surface area contributed by atoms with E-state index in [9.17, 15) is 5.11 Å². The minimum absolute atomic E-state index is 0.00277. The standard InChI is InChI=1S/C14H11BrN2OS/c15-14-13-9(8-18)2-1-3-12(13)17(16-14)10-4-6-11(19)7-5-10/h1-7,18-19H,8H2. The third-order valence-electron chi connectivity index (χ3n) is 3.02. The van der Waals surface area contributed by atoms with Crippen LogP contribution in [-0.4, -0.2) is 14.9 Å². The molecule has 0 bridgehead atoms. The van der Waals surface area contributed by atoms with Crippen LogP contribution >= 0.6 is 28.6 Å². The number of aliphatic hydroxyl groups excluding tert-OH is 1. The SMILES string of the molecule is OCc1cccc2c1c(Br)nn2-c1ccc(S)cc1. The highest BCUT2D eigenvalue weighted by atomic mass is 79.9. The molecule has 3 aromatic rings. The van der Waals surface area contributed by atoms with Gasteiger partial charge in [-0.15, -0.1) is 12.6 Å². The van der Waals surface area contributed by atoms with Crippen LogP contribution in [0.5, 0.6) is 0 Å². The van der Waals surface area contributed by atoms with Gasteiger partial charge < -0.3 is 5.11 Å². The van der Waals surface area contributed by atoms with Gasteiger partial charge in [0.2, 0.25) is 0 Å². The number of aliphatic hydroxyl groups is 1. The normalized spacial score (nSPS) is 11.1. The molecule has 0 atom stereocenters. The summed E-state index contributed by atoms with van der Waals surface area (Å²) in [7, 11) is 0. The van der Waals surface area contributed by atoms with Crippen molar-refractivity contribution in [2.75, 3.05) is 0 Å². The quantitative estimate of drug-likeness (QED) is 0.703. The molecular weight excluding hydrogens is 324 g/mol. The molecule has 3 nitrogen and oxygen atoms in total. The Balaban J connectivity index is 2.28. The molecule has 5 heteroatoms. The Kier molecular flexibility index (Phi) is 3.35. The summed E-state index contributed by atoms with van der Waals surface area (Å²) in [6.07, 6.45) is 0. The van der Waals surface area contributed by atoms with Crippen LogP contribution in [0, 0.1) is 0 Å². The van der Waals surface area contributed by atoms with Crippen molar-refractivity contribution in [3.8, 4) is 5.69 Å². The number of thiol groups is 1. The van der Waals surface area contributed by atoms with Gasteiger partial charge in [-0.25, -0.2) is 4.68 Å². The van der Waals surface area contributed by atoms with Crippen molar-refractivity contribution in [3.05, 3.63) is 52.6 Å². The van der Waals surface area contributed by atoms with Crippen molar-refractivity contribution in [2.24, 2.45) is 0 Å². The smallest absolute Gasteiger partial charge is 0.136 e. The Morgan fingerprint density at radius 1 is 1.16 bits per heavy atom. The fourth-order valence-electron chi connectivity index (χ4n) is 2.12. The van der Waals surface area contributed by atoms with E-state index in [0.29, 0.717) is 0 Å². The molecule has 0 aliphatic heterocycles. The molecule has 1 aromatic heterocycles. The number of halogens is 1. The molecule has 3 rings (SSSR count). The minimum Gasteiger partial charge on any atom is -0.392 e. The highest BCUT2D eigenvalue weighted by molar-refractivity contribution is 9.10. The molecule has 96 valence electrons. The second-order valence-corrected chi connectivity index (χ2v) is 5.46. The monoisotopic (exact) mass is 334 g/mol. The lowest BCUT2D eigenvalue weighted by atomic mass is 10.1. The molecule has 0 radical (unpaired) electrons. The highest BCUT2D eigenvalue weighted by Gasteiger charge is 2.12. The van der Waals surface area contributed by atoms with E-state index < -0.39 is 0 Å². The van der Waals surface area contributed by atoms with Crippen LogP contribution in [0.4, 0.5) is 0 Å². The van der Waals surface area contributed by atoms with E-state index >= 15 is 0 Å². The predicted molar refractivity (Wildman–Crippen MR) is 81.9 cm³/mol. The number of aromatic nitrogens is 2. The molecule has 0 saturated carbocycles. The third-order valence-corrected chi connectivity index (χ3v) is 3.87. The van der Waals surface area contributed by atoms with Crippen molar-refractivity contribution < 1.29 is 5.11 Å². The minimum atomic E-state index is -0.00277. The maximum atomic E-state index is 9.41. The molecule has 0 saturated heterocycles. The number of nitrogens with zero attached hydrogens (tertiary/aromatic N) is 2. The van der Waals surface area contributed by atoms with E-state index in [-0.39, 0.29) is 6.61 Å². The zero-order valence-electron chi connectivity index (χ0n) is 9.92. The second kappa shape index (κ2) is 5.00. The van der Waals surface area contributed by atoms with Gasteiger partial charge in [0.25, 0.3) is 0 Å². The number of hydrogen-bond donors (Lipinski definition) is 2. The molecular formula is C14H11BrN2OS. The first-order valence-electron chi connectivity index (χ1n) is 5.77. The van der Waals surface area contributed by atoms with E-state index in [1.807, 2.05) is 47.1 Å². The molecule has 0 unspecified atom stereocenters. The van der Waals surface area contributed by atoms with Crippen LogP contribution in [0.1, 0.15) is 5.56 Å². The van der Waals surface area contributed by atoms with Gasteiger partial charge in [-0.05, 0) is 51.8 Å². The predicted octanol–water partition coefficient (Wildman–Crippen LogP) is 3.57. The van der Waals surface area contributed by atoms with Crippen molar-refractivity contribution in [3.63, 3.8) is 0 Å². The molecule has 1 heterocycles. The summed E-state index contributed by atoms with van der Waals surface area (Å²) in [6.45, 7) is -0.00277. The zero-order valence-corrected chi connectivity index (χ0v) is 12.4. The number of benzene rings is 2. The van der Waals surface area contributed by atoms with Gasteiger partial charge in [-0.1, -0.05) is 12.1 Å². The fourth-order valence-corrected chi connectivity index (χ4v) is 2.88. The Labute approximate surface area is 124 Å². The van der Waals surface area contributed by atoms with Crippen molar-refractivity contribution in [1.29, 1.82) is 0 Å². The Hall–Kier alpha value is -1.30. The van der Waals surface area contributed by atoms with Crippen LogP contribution < -0.4 is 0 Å². The van der Waals surface area contributed by atoms with Crippen LogP contribution in [0.25, 0.3) is 16.6 Å². The first-order chi connectivity index (χ1) is 9.20. The van der Waals surface area contributed by atoms with Gasteiger partial charge in [0, 0.05) is 10.3 Å². The topological polar surface area (TPSA) is 38.1 Å². The first-order valence-corrected chi connectivity index (χ1v) is 7.01. The van der Waals surface area contributed by atoms with Crippen LogP contribution in [0.15, 0.2) is 52.0 Å². The second-order valence-electron chi connectivity index (χ2n) is 4.19. The summed E-state index contributed by atoms with van der Waals surface area (Å²) in [6, 6.07) is 13.6. The highest BCUT2D eigenvalue weighted by Crippen LogP contribution is 2.29.